The summed E-state index contributed by atoms with van der Waals surface area (Å²) in [5.41, 5.74) is 0.897. The van der Waals surface area contributed by atoms with Gasteiger partial charge in [-0.05, 0) is 37.0 Å². The van der Waals surface area contributed by atoms with E-state index in [4.69, 9.17) is 0 Å². The first kappa shape index (κ1) is 18.6. The number of carbonyl (C=O) groups is 2. The molecule has 2 aromatic rings. The van der Waals surface area contributed by atoms with Crippen LogP contribution < -0.4 is 0 Å². The van der Waals surface area contributed by atoms with Crippen molar-refractivity contribution in [3.8, 4) is 0 Å². The Bertz CT molecular complexity index is 873. The first-order chi connectivity index (χ1) is 13.6. The number of rotatable bonds is 4. The van der Waals surface area contributed by atoms with Crippen molar-refractivity contribution in [2.24, 2.45) is 5.41 Å². The van der Waals surface area contributed by atoms with Gasteiger partial charge in [0.1, 0.15) is 5.82 Å². The Morgan fingerprint density at radius 1 is 1.14 bits per heavy atom. The van der Waals surface area contributed by atoms with Gasteiger partial charge in [0.25, 0.3) is 0 Å². The fourth-order valence-corrected chi connectivity index (χ4v) is 4.39. The predicted molar refractivity (Wildman–Crippen MR) is 103 cm³/mol. The Balaban J connectivity index is 1.44. The molecule has 4 rings (SSSR count). The van der Waals surface area contributed by atoms with Gasteiger partial charge in [0, 0.05) is 44.1 Å². The molecule has 1 atom stereocenters. The Morgan fingerprint density at radius 2 is 2.00 bits per heavy atom. The van der Waals surface area contributed by atoms with Crippen molar-refractivity contribution in [1.29, 1.82) is 0 Å². The number of halogens is 1. The number of hydrogen-bond acceptors (Lipinski definition) is 3. The minimum Gasteiger partial charge on any atom is -0.341 e. The summed E-state index contributed by atoms with van der Waals surface area (Å²) >= 11 is 0. The van der Waals surface area contributed by atoms with E-state index in [1.54, 1.807) is 40.4 Å². The van der Waals surface area contributed by atoms with Crippen molar-refractivity contribution in [3.05, 3.63) is 65.7 Å². The number of amides is 2. The van der Waals surface area contributed by atoms with Gasteiger partial charge in [0.05, 0.1) is 11.8 Å². The minimum atomic E-state index is -0.520. The minimum absolute atomic E-state index is 0.0314. The standard InChI is InChI=1S/C22H24FN3O2/c23-19-7-2-1-6-18(19)15-25-11-4-8-22(21(25)28)9-12-26(16-22)20(27)13-17-5-3-10-24-14-17/h1-3,5-7,10,14H,4,8-9,11-13,15-16H2. The van der Waals surface area contributed by atoms with Crippen LogP contribution >= 0.6 is 0 Å². The summed E-state index contributed by atoms with van der Waals surface area (Å²) < 4.78 is 14.0. The van der Waals surface area contributed by atoms with Crippen LogP contribution in [0.2, 0.25) is 0 Å². The summed E-state index contributed by atoms with van der Waals surface area (Å²) in [6, 6.07) is 10.3. The molecule has 6 heteroatoms. The third-order valence-electron chi connectivity index (χ3n) is 5.93. The molecule has 2 aliphatic heterocycles. The molecule has 0 N–H and O–H groups in total. The lowest BCUT2D eigenvalue weighted by atomic mass is 9.78. The van der Waals surface area contributed by atoms with Crippen molar-refractivity contribution in [1.82, 2.24) is 14.8 Å². The van der Waals surface area contributed by atoms with Gasteiger partial charge in [-0.25, -0.2) is 4.39 Å². The molecule has 0 saturated carbocycles. The van der Waals surface area contributed by atoms with Gasteiger partial charge in [-0.2, -0.15) is 0 Å². The maximum absolute atomic E-state index is 14.0. The molecule has 3 heterocycles. The molecule has 5 nitrogen and oxygen atoms in total. The van der Waals surface area contributed by atoms with E-state index in [0.717, 1.165) is 18.4 Å². The van der Waals surface area contributed by atoms with Crippen LogP contribution in [0.4, 0.5) is 4.39 Å². The van der Waals surface area contributed by atoms with E-state index >= 15 is 0 Å². The highest BCUT2D eigenvalue weighted by Gasteiger charge is 2.49. The molecule has 2 saturated heterocycles. The zero-order valence-corrected chi connectivity index (χ0v) is 15.8. The van der Waals surface area contributed by atoms with Crippen molar-refractivity contribution >= 4 is 11.8 Å². The number of nitrogens with zero attached hydrogens (tertiary/aromatic N) is 3. The first-order valence-electron chi connectivity index (χ1n) is 9.77. The summed E-state index contributed by atoms with van der Waals surface area (Å²) in [6.07, 6.45) is 6.03. The van der Waals surface area contributed by atoms with Gasteiger partial charge in [0.2, 0.25) is 11.8 Å². The Hall–Kier alpha value is -2.76. The largest absolute Gasteiger partial charge is 0.341 e. The van der Waals surface area contributed by atoms with Crippen LogP contribution in [0.5, 0.6) is 0 Å². The first-order valence-corrected chi connectivity index (χ1v) is 9.77. The number of carbonyl (C=O) groups excluding carboxylic acids is 2. The second-order valence-electron chi connectivity index (χ2n) is 7.81. The number of likely N-dealkylation sites (tertiary alicyclic amines) is 2. The maximum Gasteiger partial charge on any atom is 0.230 e. The zero-order valence-electron chi connectivity index (χ0n) is 15.8. The predicted octanol–water partition coefficient (Wildman–Crippen LogP) is 2.80. The van der Waals surface area contributed by atoms with Gasteiger partial charge in [-0.1, -0.05) is 24.3 Å². The smallest absolute Gasteiger partial charge is 0.230 e. The third kappa shape index (κ3) is 3.63. The molecule has 0 bridgehead atoms. The van der Waals surface area contributed by atoms with Crippen LogP contribution in [0.1, 0.15) is 30.4 Å². The van der Waals surface area contributed by atoms with E-state index in [0.29, 0.717) is 38.0 Å². The van der Waals surface area contributed by atoms with Gasteiger partial charge in [0.15, 0.2) is 0 Å². The molecule has 0 radical (unpaired) electrons. The van der Waals surface area contributed by atoms with E-state index in [1.807, 2.05) is 12.1 Å². The highest BCUT2D eigenvalue weighted by Crippen LogP contribution is 2.40. The Labute approximate surface area is 164 Å². The molecule has 2 fully saturated rings. The summed E-state index contributed by atoms with van der Waals surface area (Å²) in [5, 5.41) is 0. The van der Waals surface area contributed by atoms with Crippen LogP contribution in [0, 0.1) is 11.2 Å². The normalized spacial score (nSPS) is 22.1. The van der Waals surface area contributed by atoms with E-state index in [9.17, 15) is 14.0 Å². The molecule has 1 unspecified atom stereocenters. The molecule has 2 amide bonds. The van der Waals surface area contributed by atoms with E-state index in [2.05, 4.69) is 4.98 Å². The second kappa shape index (κ2) is 7.70. The Kier molecular flexibility index (Phi) is 5.11. The summed E-state index contributed by atoms with van der Waals surface area (Å²) in [7, 11) is 0. The van der Waals surface area contributed by atoms with Crippen LogP contribution in [-0.2, 0) is 22.6 Å². The highest BCUT2D eigenvalue weighted by molar-refractivity contribution is 5.86. The molecular formula is C22H24FN3O2. The second-order valence-corrected chi connectivity index (χ2v) is 7.81. The highest BCUT2D eigenvalue weighted by atomic mass is 19.1. The van der Waals surface area contributed by atoms with E-state index < -0.39 is 5.41 Å². The monoisotopic (exact) mass is 381 g/mol. The summed E-state index contributed by atoms with van der Waals surface area (Å²) in [4.78, 5) is 33.6. The van der Waals surface area contributed by atoms with Crippen molar-refractivity contribution in [2.75, 3.05) is 19.6 Å². The summed E-state index contributed by atoms with van der Waals surface area (Å²) in [6.45, 7) is 1.98. The average molecular weight is 381 g/mol. The fourth-order valence-electron chi connectivity index (χ4n) is 4.39. The SMILES string of the molecule is O=C(Cc1cccnc1)N1CCC2(CCCN(Cc3ccccc3F)C2=O)C1. The van der Waals surface area contributed by atoms with E-state index in [-0.39, 0.29) is 24.2 Å². The van der Waals surface area contributed by atoms with Crippen LogP contribution in [0.25, 0.3) is 0 Å². The average Bonchev–Trinajstić information content (AvgIpc) is 3.13. The topological polar surface area (TPSA) is 53.5 Å². The number of pyridine rings is 1. The molecule has 1 aromatic carbocycles. The molecule has 28 heavy (non-hydrogen) atoms. The van der Waals surface area contributed by atoms with Gasteiger partial charge < -0.3 is 9.80 Å². The van der Waals surface area contributed by atoms with Crippen molar-refractivity contribution in [2.45, 2.75) is 32.2 Å². The molecule has 1 aromatic heterocycles. The molecule has 1 spiro atoms. The zero-order chi connectivity index (χ0) is 19.6. The van der Waals surface area contributed by atoms with Crippen molar-refractivity contribution < 1.29 is 14.0 Å². The molecule has 0 aliphatic carbocycles. The van der Waals surface area contributed by atoms with Gasteiger partial charge >= 0.3 is 0 Å². The number of benzene rings is 1. The van der Waals surface area contributed by atoms with Crippen LogP contribution in [0.15, 0.2) is 48.8 Å². The van der Waals surface area contributed by atoms with Gasteiger partial charge in [-0.3, -0.25) is 14.6 Å². The Morgan fingerprint density at radius 3 is 2.79 bits per heavy atom. The van der Waals surface area contributed by atoms with Crippen LogP contribution in [0.3, 0.4) is 0 Å². The maximum atomic E-state index is 14.0. The third-order valence-corrected chi connectivity index (χ3v) is 5.93. The van der Waals surface area contributed by atoms with Crippen molar-refractivity contribution in [3.63, 3.8) is 0 Å². The van der Waals surface area contributed by atoms with E-state index in [1.165, 1.54) is 6.07 Å². The molecule has 2 aliphatic rings. The number of hydrogen-bond donors (Lipinski definition) is 0. The lowest BCUT2D eigenvalue weighted by Crippen LogP contribution is -2.50. The number of aromatic nitrogens is 1. The lowest BCUT2D eigenvalue weighted by Gasteiger charge is -2.39. The molecule has 146 valence electrons. The van der Waals surface area contributed by atoms with Gasteiger partial charge in [-0.15, -0.1) is 0 Å². The van der Waals surface area contributed by atoms with Crippen LogP contribution in [-0.4, -0.2) is 46.2 Å². The summed E-state index contributed by atoms with van der Waals surface area (Å²) in [5.74, 6) is -0.197. The lowest BCUT2D eigenvalue weighted by molar-refractivity contribution is -0.146. The quantitative estimate of drug-likeness (QED) is 0.818. The molecular weight excluding hydrogens is 357 g/mol. The number of piperidine rings is 1. The fraction of sp³-hybridized carbons (Fsp3) is 0.409.